The molecular formula is C18H25N. The van der Waals surface area contributed by atoms with E-state index < -0.39 is 0 Å². The third kappa shape index (κ3) is 2.76. The molecule has 1 aromatic rings. The smallest absolute Gasteiger partial charge is 0.0287 e. The third-order valence-electron chi connectivity index (χ3n) is 4.70. The van der Waals surface area contributed by atoms with Crippen molar-refractivity contribution >= 4 is 5.57 Å². The van der Waals surface area contributed by atoms with Gasteiger partial charge in [-0.15, -0.1) is 0 Å². The molecule has 0 aliphatic carbocycles. The Hall–Kier alpha value is -1.08. The number of piperidine rings is 1. The van der Waals surface area contributed by atoms with E-state index in [9.17, 15) is 0 Å². The summed E-state index contributed by atoms with van der Waals surface area (Å²) in [5.74, 6) is 0. The zero-order valence-corrected chi connectivity index (χ0v) is 12.0. The minimum Gasteiger partial charge on any atom is -0.294 e. The van der Waals surface area contributed by atoms with Crippen LogP contribution in [-0.4, -0.2) is 23.5 Å². The molecular weight excluding hydrogens is 230 g/mol. The summed E-state index contributed by atoms with van der Waals surface area (Å²) in [6.07, 6.45) is 10.6. The lowest BCUT2D eigenvalue weighted by molar-refractivity contribution is 0.107. The lowest BCUT2D eigenvalue weighted by atomic mass is 9.95. The van der Waals surface area contributed by atoms with Crippen molar-refractivity contribution in [2.45, 2.75) is 57.5 Å². The first-order valence-corrected chi connectivity index (χ1v) is 7.90. The number of benzene rings is 1. The number of rotatable bonds is 3. The van der Waals surface area contributed by atoms with Crippen LogP contribution in [0.3, 0.4) is 0 Å². The second kappa shape index (κ2) is 5.92. The summed E-state index contributed by atoms with van der Waals surface area (Å²) < 4.78 is 0. The van der Waals surface area contributed by atoms with E-state index in [0.29, 0.717) is 6.04 Å². The Morgan fingerprint density at radius 2 is 1.95 bits per heavy atom. The van der Waals surface area contributed by atoms with Gasteiger partial charge in [0, 0.05) is 12.1 Å². The molecule has 2 unspecified atom stereocenters. The van der Waals surface area contributed by atoms with Crippen LogP contribution in [-0.2, 0) is 0 Å². The predicted octanol–water partition coefficient (Wildman–Crippen LogP) is 4.50. The van der Waals surface area contributed by atoms with Gasteiger partial charge < -0.3 is 0 Å². The van der Waals surface area contributed by atoms with Crippen LogP contribution in [0.1, 0.15) is 51.0 Å². The molecule has 2 atom stereocenters. The minimum absolute atomic E-state index is 0.691. The highest BCUT2D eigenvalue weighted by molar-refractivity contribution is 5.66. The Morgan fingerprint density at radius 3 is 2.74 bits per heavy atom. The van der Waals surface area contributed by atoms with Crippen LogP contribution in [0.25, 0.3) is 5.57 Å². The largest absolute Gasteiger partial charge is 0.294 e. The van der Waals surface area contributed by atoms with Gasteiger partial charge in [-0.1, -0.05) is 49.8 Å². The van der Waals surface area contributed by atoms with Gasteiger partial charge in [0.25, 0.3) is 0 Å². The van der Waals surface area contributed by atoms with E-state index in [0.717, 1.165) is 6.04 Å². The molecule has 0 radical (unpaired) electrons. The fraction of sp³-hybridized carbons (Fsp3) is 0.556. The van der Waals surface area contributed by atoms with E-state index in [2.05, 4.69) is 48.2 Å². The van der Waals surface area contributed by atoms with Gasteiger partial charge in [-0.05, 0) is 49.8 Å². The van der Waals surface area contributed by atoms with E-state index in [1.165, 1.54) is 50.6 Å². The molecule has 0 spiro atoms. The SMILES string of the molecule is CCCN1C2C=C(c3ccccc3)CCC1CCC2. The monoisotopic (exact) mass is 255 g/mol. The highest BCUT2D eigenvalue weighted by Gasteiger charge is 2.31. The van der Waals surface area contributed by atoms with Crippen LogP contribution in [0.4, 0.5) is 0 Å². The molecule has 3 rings (SSSR count). The average molecular weight is 255 g/mol. The Balaban J connectivity index is 1.87. The number of fused-ring (bicyclic) bond motifs is 2. The first-order valence-electron chi connectivity index (χ1n) is 7.90. The average Bonchev–Trinajstić information content (AvgIpc) is 2.56. The van der Waals surface area contributed by atoms with E-state index in [-0.39, 0.29) is 0 Å². The number of hydrogen-bond donors (Lipinski definition) is 0. The van der Waals surface area contributed by atoms with E-state index in [1.807, 2.05) is 0 Å². The van der Waals surface area contributed by atoms with Crippen molar-refractivity contribution in [1.29, 1.82) is 0 Å². The summed E-state index contributed by atoms with van der Waals surface area (Å²) in [4.78, 5) is 2.78. The van der Waals surface area contributed by atoms with Gasteiger partial charge in [0.15, 0.2) is 0 Å². The van der Waals surface area contributed by atoms with Crippen molar-refractivity contribution in [3.63, 3.8) is 0 Å². The Labute approximate surface area is 117 Å². The molecule has 1 heteroatoms. The Kier molecular flexibility index (Phi) is 4.03. The maximum atomic E-state index is 2.78. The standard InChI is InChI=1S/C18H25N/c1-2-13-19-17-9-6-10-18(19)14-16(11-12-17)15-7-4-3-5-8-15/h3-5,7-8,14,17-18H,2,6,9-13H2,1H3. The van der Waals surface area contributed by atoms with Crippen LogP contribution in [0.5, 0.6) is 0 Å². The third-order valence-corrected chi connectivity index (χ3v) is 4.70. The first-order chi connectivity index (χ1) is 9.38. The Morgan fingerprint density at radius 1 is 1.11 bits per heavy atom. The van der Waals surface area contributed by atoms with Gasteiger partial charge >= 0.3 is 0 Å². The zero-order valence-electron chi connectivity index (χ0n) is 12.0. The van der Waals surface area contributed by atoms with Crippen molar-refractivity contribution < 1.29 is 0 Å². The van der Waals surface area contributed by atoms with E-state index in [1.54, 1.807) is 5.57 Å². The van der Waals surface area contributed by atoms with E-state index in [4.69, 9.17) is 0 Å². The normalized spacial score (nSPS) is 27.7. The Bertz CT molecular complexity index is 434. The van der Waals surface area contributed by atoms with Gasteiger partial charge in [-0.2, -0.15) is 0 Å². The van der Waals surface area contributed by atoms with Gasteiger partial charge in [0.05, 0.1) is 0 Å². The summed E-state index contributed by atoms with van der Waals surface area (Å²) in [6.45, 7) is 3.58. The molecule has 19 heavy (non-hydrogen) atoms. The molecule has 0 saturated carbocycles. The molecule has 2 heterocycles. The summed E-state index contributed by atoms with van der Waals surface area (Å²) in [7, 11) is 0. The molecule has 1 nitrogen and oxygen atoms in total. The van der Waals surface area contributed by atoms with Crippen molar-refractivity contribution in [3.8, 4) is 0 Å². The molecule has 2 aliphatic heterocycles. The number of nitrogens with zero attached hydrogens (tertiary/aromatic N) is 1. The van der Waals surface area contributed by atoms with Crippen molar-refractivity contribution in [1.82, 2.24) is 4.90 Å². The number of allylic oxidation sites excluding steroid dienone is 1. The van der Waals surface area contributed by atoms with Crippen LogP contribution in [0, 0.1) is 0 Å². The van der Waals surface area contributed by atoms with Gasteiger partial charge in [0.1, 0.15) is 0 Å². The van der Waals surface area contributed by atoms with Crippen LogP contribution < -0.4 is 0 Å². The molecule has 0 aromatic heterocycles. The summed E-state index contributed by atoms with van der Waals surface area (Å²) >= 11 is 0. The first kappa shape index (κ1) is 12.9. The maximum absolute atomic E-state index is 2.78. The quantitative estimate of drug-likeness (QED) is 0.769. The molecule has 102 valence electrons. The highest BCUT2D eigenvalue weighted by atomic mass is 15.2. The van der Waals surface area contributed by atoms with Gasteiger partial charge in [-0.25, -0.2) is 0 Å². The fourth-order valence-electron chi connectivity index (χ4n) is 3.79. The molecule has 1 fully saturated rings. The van der Waals surface area contributed by atoms with Crippen LogP contribution in [0.2, 0.25) is 0 Å². The summed E-state index contributed by atoms with van der Waals surface area (Å²) in [5, 5.41) is 0. The van der Waals surface area contributed by atoms with Gasteiger partial charge in [-0.3, -0.25) is 4.90 Å². The van der Waals surface area contributed by atoms with Crippen molar-refractivity contribution in [3.05, 3.63) is 42.0 Å². The second-order valence-corrected chi connectivity index (χ2v) is 5.99. The molecule has 0 N–H and O–H groups in total. The van der Waals surface area contributed by atoms with Crippen LogP contribution >= 0.6 is 0 Å². The lowest BCUT2D eigenvalue weighted by Crippen LogP contribution is -2.45. The molecule has 2 aliphatic rings. The number of hydrogen-bond acceptors (Lipinski definition) is 1. The molecule has 2 bridgehead atoms. The summed E-state index contributed by atoms with van der Waals surface area (Å²) in [5.41, 5.74) is 3.02. The van der Waals surface area contributed by atoms with E-state index >= 15 is 0 Å². The highest BCUT2D eigenvalue weighted by Crippen LogP contribution is 2.35. The van der Waals surface area contributed by atoms with Crippen molar-refractivity contribution in [2.75, 3.05) is 6.54 Å². The topological polar surface area (TPSA) is 3.24 Å². The van der Waals surface area contributed by atoms with Crippen molar-refractivity contribution in [2.24, 2.45) is 0 Å². The lowest BCUT2D eigenvalue weighted by Gasteiger charge is -2.39. The molecule has 1 saturated heterocycles. The maximum Gasteiger partial charge on any atom is 0.0287 e. The minimum atomic E-state index is 0.691. The summed E-state index contributed by atoms with van der Waals surface area (Å²) in [6, 6.07) is 12.5. The second-order valence-electron chi connectivity index (χ2n) is 5.99. The molecule has 0 amide bonds. The molecule has 1 aromatic carbocycles. The zero-order chi connectivity index (χ0) is 13.1. The van der Waals surface area contributed by atoms with Crippen LogP contribution in [0.15, 0.2) is 36.4 Å². The fourth-order valence-corrected chi connectivity index (χ4v) is 3.79. The van der Waals surface area contributed by atoms with Gasteiger partial charge in [0.2, 0.25) is 0 Å². The predicted molar refractivity (Wildman–Crippen MR) is 82.1 cm³/mol.